The summed E-state index contributed by atoms with van der Waals surface area (Å²) in [6, 6.07) is 3.66. The van der Waals surface area contributed by atoms with Crippen LogP contribution in [0.25, 0.3) is 11.6 Å². The van der Waals surface area contributed by atoms with Gasteiger partial charge in [0.05, 0.1) is 27.7 Å². The number of halogens is 3. The molecule has 2 rings (SSSR count). The Morgan fingerprint density at radius 3 is 2.48 bits per heavy atom. The van der Waals surface area contributed by atoms with Gasteiger partial charge in [0.25, 0.3) is 0 Å². The van der Waals surface area contributed by atoms with Crippen LogP contribution >= 0.6 is 0 Å². The lowest BCUT2D eigenvalue weighted by atomic mass is 10.0. The molecule has 0 unspecified atom stereocenters. The third-order valence-electron chi connectivity index (χ3n) is 3.57. The van der Waals surface area contributed by atoms with E-state index in [4.69, 9.17) is 0 Å². The van der Waals surface area contributed by atoms with Crippen molar-refractivity contribution in [2.45, 2.75) is 13.1 Å². The van der Waals surface area contributed by atoms with E-state index in [0.717, 1.165) is 12.1 Å². The number of aryl methyl sites for hydroxylation is 1. The summed E-state index contributed by atoms with van der Waals surface area (Å²) in [5, 5.41) is 50.8. The molecule has 1 aromatic heterocycles. The maximum Gasteiger partial charge on any atom is 0.417 e. The van der Waals surface area contributed by atoms with Gasteiger partial charge in [-0.2, -0.15) is 23.2 Å². The van der Waals surface area contributed by atoms with E-state index in [9.17, 15) is 44.0 Å². The summed E-state index contributed by atoms with van der Waals surface area (Å²) in [5.41, 5.74) is -3.80. The third kappa shape index (κ3) is 3.90. The summed E-state index contributed by atoms with van der Waals surface area (Å²) >= 11 is 0. The number of rotatable bonds is 3. The third-order valence-corrected chi connectivity index (χ3v) is 3.57. The SMILES string of the molecule is Cc1cc(C(F)(F)F)c(/C=C(/C#N)c2cc(O)c(O)c([N+](=O)[O-])c2)c[n+]1[O-]. The number of alkyl halides is 3. The fourth-order valence-electron chi connectivity index (χ4n) is 2.25. The highest BCUT2D eigenvalue weighted by molar-refractivity contribution is 5.91. The number of nitriles is 1. The van der Waals surface area contributed by atoms with E-state index in [1.807, 2.05) is 0 Å². The normalized spacial score (nSPS) is 11.9. The van der Waals surface area contributed by atoms with Crippen LogP contribution in [0.4, 0.5) is 18.9 Å². The second-order valence-electron chi connectivity index (χ2n) is 5.40. The monoisotopic (exact) mass is 381 g/mol. The van der Waals surface area contributed by atoms with Crippen molar-refractivity contribution in [1.29, 1.82) is 5.26 Å². The number of aromatic hydroxyl groups is 2. The molecule has 0 amide bonds. The van der Waals surface area contributed by atoms with Crippen molar-refractivity contribution < 1.29 is 33.0 Å². The van der Waals surface area contributed by atoms with Crippen LogP contribution in [0.2, 0.25) is 0 Å². The lowest BCUT2D eigenvalue weighted by Gasteiger charge is -2.12. The first-order valence-electron chi connectivity index (χ1n) is 7.09. The van der Waals surface area contributed by atoms with E-state index in [0.29, 0.717) is 18.3 Å². The van der Waals surface area contributed by atoms with E-state index >= 15 is 0 Å². The summed E-state index contributed by atoms with van der Waals surface area (Å²) in [5.74, 6) is -1.98. The van der Waals surface area contributed by atoms with Crippen molar-refractivity contribution in [2.24, 2.45) is 0 Å². The highest BCUT2D eigenvalue weighted by Gasteiger charge is 2.35. The van der Waals surface area contributed by atoms with Crippen molar-refractivity contribution >= 4 is 17.3 Å². The predicted octanol–water partition coefficient (Wildman–Crippen LogP) is 3.03. The zero-order valence-corrected chi connectivity index (χ0v) is 13.5. The van der Waals surface area contributed by atoms with Crippen molar-refractivity contribution in [3.8, 4) is 17.6 Å². The number of nitro benzene ring substituents is 1. The van der Waals surface area contributed by atoms with Crippen LogP contribution in [0.3, 0.4) is 0 Å². The number of allylic oxidation sites excluding steroid dienone is 1. The number of hydrogen-bond donors (Lipinski definition) is 2. The van der Waals surface area contributed by atoms with Gasteiger partial charge < -0.3 is 15.4 Å². The molecule has 0 saturated heterocycles. The van der Waals surface area contributed by atoms with Gasteiger partial charge in [-0.1, -0.05) is 0 Å². The van der Waals surface area contributed by atoms with Crippen LogP contribution in [0.5, 0.6) is 11.5 Å². The van der Waals surface area contributed by atoms with Gasteiger partial charge in [-0.15, -0.1) is 0 Å². The number of nitrogens with zero attached hydrogens (tertiary/aromatic N) is 3. The zero-order valence-electron chi connectivity index (χ0n) is 13.5. The molecule has 0 aliphatic rings. The van der Waals surface area contributed by atoms with Crippen LogP contribution in [0.1, 0.15) is 22.4 Å². The number of pyridine rings is 1. The molecule has 1 aromatic carbocycles. The fraction of sp³-hybridized carbons (Fsp3) is 0.125. The highest BCUT2D eigenvalue weighted by atomic mass is 19.4. The second kappa shape index (κ2) is 6.83. The van der Waals surface area contributed by atoms with Gasteiger partial charge >= 0.3 is 11.9 Å². The van der Waals surface area contributed by atoms with Gasteiger partial charge in [0.2, 0.25) is 5.75 Å². The van der Waals surface area contributed by atoms with Gasteiger partial charge in [0.1, 0.15) is 0 Å². The Balaban J connectivity index is 2.74. The summed E-state index contributed by atoms with van der Waals surface area (Å²) in [4.78, 5) is 9.87. The highest BCUT2D eigenvalue weighted by Crippen LogP contribution is 2.39. The molecule has 11 heteroatoms. The molecule has 0 bridgehead atoms. The van der Waals surface area contributed by atoms with Crippen LogP contribution in [-0.4, -0.2) is 15.1 Å². The number of hydrogen-bond acceptors (Lipinski definition) is 6. The van der Waals surface area contributed by atoms with Gasteiger partial charge in [-0.25, -0.2) is 0 Å². The number of phenolic OH excluding ortho intramolecular Hbond substituents is 2. The summed E-state index contributed by atoms with van der Waals surface area (Å²) in [6.45, 7) is 1.17. The standard InChI is InChI=1S/C16H10F3N3O5/c1-8-2-12(16(17,18)19)11(7-21(8)25)3-10(6-20)9-4-13(22(26)27)15(24)14(23)5-9/h2-5,7,23-24H,1H3/b10-3-. The van der Waals surface area contributed by atoms with Crippen LogP contribution in [0.15, 0.2) is 24.4 Å². The molecule has 0 atom stereocenters. The first-order chi connectivity index (χ1) is 12.5. The average molecular weight is 381 g/mol. The van der Waals surface area contributed by atoms with Crippen LogP contribution in [0, 0.1) is 33.6 Å². The minimum absolute atomic E-state index is 0.173. The molecule has 27 heavy (non-hydrogen) atoms. The maximum atomic E-state index is 13.2. The average Bonchev–Trinajstić information content (AvgIpc) is 2.56. The second-order valence-corrected chi connectivity index (χ2v) is 5.40. The largest absolute Gasteiger partial charge is 0.618 e. The molecule has 2 aromatic rings. The maximum absolute atomic E-state index is 13.2. The first kappa shape index (κ1) is 19.5. The van der Waals surface area contributed by atoms with Gasteiger partial charge in [-0.05, 0) is 12.1 Å². The molecule has 0 saturated carbocycles. The number of benzene rings is 1. The van der Waals surface area contributed by atoms with Crippen LogP contribution < -0.4 is 4.73 Å². The van der Waals surface area contributed by atoms with E-state index < -0.39 is 45.0 Å². The Bertz CT molecular complexity index is 1010. The predicted molar refractivity (Wildman–Crippen MR) is 85.1 cm³/mol. The molecule has 8 nitrogen and oxygen atoms in total. The van der Waals surface area contributed by atoms with Gasteiger partial charge in [0.15, 0.2) is 17.6 Å². The molecule has 140 valence electrons. The van der Waals surface area contributed by atoms with E-state index in [1.165, 1.54) is 6.92 Å². The fourth-order valence-corrected chi connectivity index (χ4v) is 2.25. The Kier molecular flexibility index (Phi) is 4.94. The van der Waals surface area contributed by atoms with Gasteiger partial charge in [0, 0.05) is 24.6 Å². The van der Waals surface area contributed by atoms with Crippen molar-refractivity contribution in [3.05, 3.63) is 62.1 Å². The number of nitro groups is 1. The molecule has 0 aliphatic carbocycles. The molecule has 1 heterocycles. The van der Waals surface area contributed by atoms with E-state index in [2.05, 4.69) is 0 Å². The molecular weight excluding hydrogens is 371 g/mol. The minimum Gasteiger partial charge on any atom is -0.618 e. The first-order valence-corrected chi connectivity index (χ1v) is 7.09. The molecule has 2 N–H and O–H groups in total. The number of aromatic nitrogens is 1. The number of phenols is 2. The Labute approximate surface area is 149 Å². The Morgan fingerprint density at radius 2 is 1.96 bits per heavy atom. The quantitative estimate of drug-likeness (QED) is 0.210. The topological polar surface area (TPSA) is 134 Å². The van der Waals surface area contributed by atoms with Crippen molar-refractivity contribution in [2.75, 3.05) is 0 Å². The van der Waals surface area contributed by atoms with Crippen molar-refractivity contribution in [1.82, 2.24) is 0 Å². The minimum atomic E-state index is -4.82. The molecule has 0 fully saturated rings. The van der Waals surface area contributed by atoms with Gasteiger partial charge in [-0.3, -0.25) is 10.1 Å². The zero-order chi connectivity index (χ0) is 20.5. The molecule has 0 aliphatic heterocycles. The van der Waals surface area contributed by atoms with Crippen molar-refractivity contribution in [3.63, 3.8) is 0 Å². The van der Waals surface area contributed by atoms with E-state index in [1.54, 1.807) is 6.07 Å². The summed E-state index contributed by atoms with van der Waals surface area (Å²) < 4.78 is 39.8. The molecular formula is C16H10F3N3O5. The Hall–Kier alpha value is -3.81. The molecule has 0 spiro atoms. The summed E-state index contributed by atoms with van der Waals surface area (Å²) in [7, 11) is 0. The Morgan fingerprint density at radius 1 is 1.33 bits per heavy atom. The van der Waals surface area contributed by atoms with Crippen LogP contribution in [-0.2, 0) is 6.18 Å². The summed E-state index contributed by atoms with van der Waals surface area (Å²) in [6.07, 6.45) is -3.50. The lowest BCUT2D eigenvalue weighted by molar-refractivity contribution is -0.612. The van der Waals surface area contributed by atoms with E-state index in [-0.39, 0.29) is 16.0 Å². The smallest absolute Gasteiger partial charge is 0.417 e. The molecule has 0 radical (unpaired) electrons. The lowest BCUT2D eigenvalue weighted by Crippen LogP contribution is -2.31.